The Bertz CT molecular complexity index is 565. The third-order valence-electron chi connectivity index (χ3n) is 4.27. The van der Waals surface area contributed by atoms with Crippen LogP contribution in [0.15, 0.2) is 30.3 Å². The molecule has 0 radical (unpaired) electrons. The van der Waals surface area contributed by atoms with Gasteiger partial charge in [-0.2, -0.15) is 0 Å². The molecule has 1 aromatic carbocycles. The number of rotatable bonds is 10. The highest BCUT2D eigenvalue weighted by atomic mass is 16.3. The van der Waals surface area contributed by atoms with E-state index in [9.17, 15) is 5.11 Å². The van der Waals surface area contributed by atoms with E-state index >= 15 is 0 Å². The van der Waals surface area contributed by atoms with Crippen molar-refractivity contribution in [2.24, 2.45) is 0 Å². The zero-order valence-corrected chi connectivity index (χ0v) is 13.9. The van der Waals surface area contributed by atoms with Gasteiger partial charge >= 0.3 is 0 Å². The minimum absolute atomic E-state index is 0.292. The Morgan fingerprint density at radius 1 is 0.818 bits per heavy atom. The van der Waals surface area contributed by atoms with Crippen molar-refractivity contribution < 1.29 is 5.11 Å². The van der Waals surface area contributed by atoms with Crippen LogP contribution in [-0.4, -0.2) is 10.1 Å². The maximum atomic E-state index is 9.53. The van der Waals surface area contributed by atoms with Crippen molar-refractivity contribution >= 4 is 10.9 Å². The summed E-state index contributed by atoms with van der Waals surface area (Å²) in [6, 6.07) is 9.59. The van der Waals surface area contributed by atoms with Crippen LogP contribution in [0.3, 0.4) is 0 Å². The SMILES string of the molecule is CCCCCCCCCCCc1ccc2ccc(O)cc2n1. The summed E-state index contributed by atoms with van der Waals surface area (Å²) in [6.45, 7) is 2.27. The Morgan fingerprint density at radius 3 is 2.18 bits per heavy atom. The molecule has 0 saturated carbocycles. The van der Waals surface area contributed by atoms with Crippen LogP contribution in [-0.2, 0) is 6.42 Å². The van der Waals surface area contributed by atoms with Gasteiger partial charge in [0.15, 0.2) is 0 Å². The topological polar surface area (TPSA) is 33.1 Å². The molecule has 2 nitrogen and oxygen atoms in total. The van der Waals surface area contributed by atoms with Gasteiger partial charge < -0.3 is 5.11 Å². The fraction of sp³-hybridized carbons (Fsp3) is 0.550. The number of aryl methyl sites for hydroxylation is 1. The summed E-state index contributed by atoms with van der Waals surface area (Å²) in [5.41, 5.74) is 2.04. The summed E-state index contributed by atoms with van der Waals surface area (Å²) >= 11 is 0. The molecule has 0 bridgehead atoms. The highest BCUT2D eigenvalue weighted by Gasteiger charge is 2.00. The lowest BCUT2D eigenvalue weighted by Gasteiger charge is -2.04. The lowest BCUT2D eigenvalue weighted by molar-refractivity contribution is 0.476. The smallest absolute Gasteiger partial charge is 0.117 e. The Hall–Kier alpha value is -1.57. The van der Waals surface area contributed by atoms with Gasteiger partial charge in [0.05, 0.1) is 5.52 Å². The largest absolute Gasteiger partial charge is 0.508 e. The van der Waals surface area contributed by atoms with Gasteiger partial charge in [-0.25, -0.2) is 0 Å². The maximum absolute atomic E-state index is 9.53. The van der Waals surface area contributed by atoms with E-state index in [2.05, 4.69) is 24.0 Å². The molecule has 0 fully saturated rings. The quantitative estimate of drug-likeness (QED) is 0.545. The summed E-state index contributed by atoms with van der Waals surface area (Å²) in [4.78, 5) is 4.64. The number of pyridine rings is 1. The summed E-state index contributed by atoms with van der Waals surface area (Å²) in [6.07, 6.45) is 13.2. The van der Waals surface area contributed by atoms with Gasteiger partial charge in [-0.05, 0) is 31.0 Å². The normalized spacial score (nSPS) is 11.1. The average molecular weight is 299 g/mol. The van der Waals surface area contributed by atoms with E-state index in [0.29, 0.717) is 5.75 Å². The predicted molar refractivity (Wildman–Crippen MR) is 94.3 cm³/mol. The summed E-state index contributed by atoms with van der Waals surface area (Å²) in [7, 11) is 0. The average Bonchev–Trinajstić information content (AvgIpc) is 2.53. The third kappa shape index (κ3) is 5.67. The first-order valence-electron chi connectivity index (χ1n) is 8.88. The Morgan fingerprint density at radius 2 is 1.45 bits per heavy atom. The minimum atomic E-state index is 0.292. The van der Waals surface area contributed by atoms with E-state index < -0.39 is 0 Å². The van der Waals surface area contributed by atoms with Gasteiger partial charge in [-0.3, -0.25) is 4.98 Å². The van der Waals surface area contributed by atoms with Crippen molar-refractivity contribution in [2.45, 2.75) is 71.1 Å². The van der Waals surface area contributed by atoms with Gasteiger partial charge in [0, 0.05) is 17.1 Å². The van der Waals surface area contributed by atoms with E-state index in [-0.39, 0.29) is 0 Å². The lowest BCUT2D eigenvalue weighted by atomic mass is 10.1. The van der Waals surface area contributed by atoms with Gasteiger partial charge in [0.2, 0.25) is 0 Å². The van der Waals surface area contributed by atoms with E-state index in [1.165, 1.54) is 57.8 Å². The van der Waals surface area contributed by atoms with E-state index in [1.807, 2.05) is 6.07 Å². The molecular weight excluding hydrogens is 270 g/mol. The Kier molecular flexibility index (Phi) is 7.21. The number of fused-ring (bicyclic) bond motifs is 1. The molecule has 2 rings (SSSR count). The molecule has 1 heterocycles. The van der Waals surface area contributed by atoms with Gasteiger partial charge in [0.25, 0.3) is 0 Å². The van der Waals surface area contributed by atoms with Crippen LogP contribution in [0.1, 0.15) is 70.4 Å². The number of hydrogen-bond donors (Lipinski definition) is 1. The molecular formula is C20H29NO. The van der Waals surface area contributed by atoms with Crippen molar-refractivity contribution in [3.8, 4) is 5.75 Å². The van der Waals surface area contributed by atoms with Gasteiger partial charge in [0.1, 0.15) is 5.75 Å². The molecule has 2 aromatic rings. The van der Waals surface area contributed by atoms with Crippen LogP contribution >= 0.6 is 0 Å². The van der Waals surface area contributed by atoms with Crippen molar-refractivity contribution in [1.29, 1.82) is 0 Å². The van der Waals surface area contributed by atoms with Crippen molar-refractivity contribution in [2.75, 3.05) is 0 Å². The molecule has 1 aromatic heterocycles. The molecule has 22 heavy (non-hydrogen) atoms. The fourth-order valence-electron chi connectivity index (χ4n) is 2.90. The van der Waals surface area contributed by atoms with Crippen molar-refractivity contribution in [3.63, 3.8) is 0 Å². The first kappa shape index (κ1) is 16.8. The molecule has 1 N–H and O–H groups in total. The number of hydrogen-bond acceptors (Lipinski definition) is 2. The molecule has 0 atom stereocenters. The van der Waals surface area contributed by atoms with Gasteiger partial charge in [-0.15, -0.1) is 0 Å². The second-order valence-corrected chi connectivity index (χ2v) is 6.26. The number of aromatic hydroxyl groups is 1. The number of aromatic nitrogens is 1. The molecule has 0 spiro atoms. The molecule has 0 saturated heterocycles. The highest BCUT2D eigenvalue weighted by molar-refractivity contribution is 5.80. The number of nitrogens with zero attached hydrogens (tertiary/aromatic N) is 1. The van der Waals surface area contributed by atoms with Crippen LogP contribution in [0.2, 0.25) is 0 Å². The second kappa shape index (κ2) is 9.45. The Balaban J connectivity index is 1.65. The first-order valence-corrected chi connectivity index (χ1v) is 8.88. The highest BCUT2D eigenvalue weighted by Crippen LogP contribution is 2.19. The molecule has 0 aliphatic rings. The first-order chi connectivity index (χ1) is 10.8. The molecule has 120 valence electrons. The Labute approximate surface area is 134 Å². The van der Waals surface area contributed by atoms with E-state index in [4.69, 9.17) is 0 Å². The summed E-state index contributed by atoms with van der Waals surface area (Å²) < 4.78 is 0. The van der Waals surface area contributed by atoms with Crippen LogP contribution in [0.5, 0.6) is 5.75 Å². The van der Waals surface area contributed by atoms with E-state index in [1.54, 1.807) is 12.1 Å². The third-order valence-corrected chi connectivity index (χ3v) is 4.27. The standard InChI is InChI=1S/C20H29NO/c1-2-3-4-5-6-7-8-9-10-11-18-14-12-17-13-15-19(22)16-20(17)21-18/h12-16,22H,2-11H2,1H3. The molecule has 0 amide bonds. The minimum Gasteiger partial charge on any atom is -0.508 e. The zero-order chi connectivity index (χ0) is 15.6. The summed E-state index contributed by atoms with van der Waals surface area (Å²) in [5, 5.41) is 10.6. The number of phenols is 1. The monoisotopic (exact) mass is 299 g/mol. The van der Waals surface area contributed by atoms with Gasteiger partial charge in [-0.1, -0.05) is 64.4 Å². The lowest BCUT2D eigenvalue weighted by Crippen LogP contribution is -1.91. The van der Waals surface area contributed by atoms with E-state index in [0.717, 1.165) is 23.0 Å². The number of phenolic OH excluding ortho intramolecular Hbond substituents is 1. The maximum Gasteiger partial charge on any atom is 0.117 e. The van der Waals surface area contributed by atoms with Crippen LogP contribution < -0.4 is 0 Å². The number of unbranched alkanes of at least 4 members (excludes halogenated alkanes) is 8. The molecule has 2 heteroatoms. The summed E-state index contributed by atoms with van der Waals surface area (Å²) in [5.74, 6) is 0.292. The molecule has 0 unspecified atom stereocenters. The van der Waals surface area contributed by atoms with Crippen LogP contribution in [0.25, 0.3) is 10.9 Å². The van der Waals surface area contributed by atoms with Crippen molar-refractivity contribution in [1.82, 2.24) is 4.98 Å². The van der Waals surface area contributed by atoms with Crippen molar-refractivity contribution in [3.05, 3.63) is 36.0 Å². The van der Waals surface area contributed by atoms with Crippen LogP contribution in [0.4, 0.5) is 0 Å². The number of benzene rings is 1. The zero-order valence-electron chi connectivity index (χ0n) is 13.9. The second-order valence-electron chi connectivity index (χ2n) is 6.26. The molecule has 0 aliphatic heterocycles. The molecule has 0 aliphatic carbocycles. The predicted octanol–water partition coefficient (Wildman–Crippen LogP) is 6.01. The van der Waals surface area contributed by atoms with Crippen LogP contribution in [0, 0.1) is 0 Å². The fourth-order valence-corrected chi connectivity index (χ4v) is 2.90.